The zero-order valence-corrected chi connectivity index (χ0v) is 10.3. The number of rotatable bonds is 3. The standard InChI is InChI=1S/C12H24N2O2/c1-13-5-3-6-14(11(8-13)10-15)9-12-4-2-7-16-12/h11-12,15H,2-10H2,1H3. The van der Waals surface area contributed by atoms with Crippen molar-refractivity contribution in [2.45, 2.75) is 31.4 Å². The Balaban J connectivity index is 1.88. The highest BCUT2D eigenvalue weighted by Crippen LogP contribution is 2.16. The van der Waals surface area contributed by atoms with Gasteiger partial charge in [0.2, 0.25) is 0 Å². The Bertz CT molecular complexity index is 207. The number of nitrogens with zero attached hydrogens (tertiary/aromatic N) is 2. The lowest BCUT2D eigenvalue weighted by atomic mass is 10.2. The Hall–Kier alpha value is -0.160. The Labute approximate surface area is 98.2 Å². The van der Waals surface area contributed by atoms with Gasteiger partial charge in [-0.1, -0.05) is 0 Å². The average Bonchev–Trinajstić information content (AvgIpc) is 2.70. The fourth-order valence-corrected chi connectivity index (χ4v) is 2.76. The van der Waals surface area contributed by atoms with E-state index in [9.17, 15) is 5.11 Å². The largest absolute Gasteiger partial charge is 0.395 e. The Morgan fingerprint density at radius 1 is 1.31 bits per heavy atom. The van der Waals surface area contributed by atoms with Crippen LogP contribution in [0, 0.1) is 0 Å². The smallest absolute Gasteiger partial charge is 0.0702 e. The van der Waals surface area contributed by atoms with Crippen molar-refractivity contribution in [2.75, 3.05) is 46.4 Å². The second-order valence-electron chi connectivity index (χ2n) is 5.08. The number of ether oxygens (including phenoxy) is 1. The zero-order chi connectivity index (χ0) is 11.4. The second kappa shape index (κ2) is 5.96. The molecule has 2 unspecified atom stereocenters. The van der Waals surface area contributed by atoms with Gasteiger partial charge in [-0.3, -0.25) is 4.90 Å². The molecular formula is C12H24N2O2. The fraction of sp³-hybridized carbons (Fsp3) is 1.00. The first-order valence-corrected chi connectivity index (χ1v) is 6.44. The first-order chi connectivity index (χ1) is 7.79. The molecule has 0 bridgehead atoms. The maximum absolute atomic E-state index is 9.47. The monoisotopic (exact) mass is 228 g/mol. The average molecular weight is 228 g/mol. The number of aliphatic hydroxyl groups is 1. The van der Waals surface area contributed by atoms with Gasteiger partial charge in [-0.15, -0.1) is 0 Å². The number of hydrogen-bond acceptors (Lipinski definition) is 4. The minimum atomic E-state index is 0.261. The maximum atomic E-state index is 9.47. The Kier molecular flexibility index (Phi) is 4.58. The van der Waals surface area contributed by atoms with E-state index in [0.29, 0.717) is 6.10 Å². The van der Waals surface area contributed by atoms with Crippen LogP contribution in [0.3, 0.4) is 0 Å². The van der Waals surface area contributed by atoms with Crippen molar-refractivity contribution in [3.63, 3.8) is 0 Å². The van der Waals surface area contributed by atoms with Crippen molar-refractivity contribution in [3.05, 3.63) is 0 Å². The van der Waals surface area contributed by atoms with Gasteiger partial charge >= 0.3 is 0 Å². The van der Waals surface area contributed by atoms with Crippen molar-refractivity contribution in [1.29, 1.82) is 0 Å². The quantitative estimate of drug-likeness (QED) is 0.747. The van der Waals surface area contributed by atoms with Gasteiger partial charge in [0.05, 0.1) is 12.7 Å². The van der Waals surface area contributed by atoms with Gasteiger partial charge in [-0.25, -0.2) is 0 Å². The molecule has 0 aromatic rings. The van der Waals surface area contributed by atoms with Gasteiger partial charge < -0.3 is 14.7 Å². The third-order valence-electron chi connectivity index (χ3n) is 3.70. The fourth-order valence-electron chi connectivity index (χ4n) is 2.76. The Morgan fingerprint density at radius 2 is 2.19 bits per heavy atom. The van der Waals surface area contributed by atoms with Crippen molar-refractivity contribution in [1.82, 2.24) is 9.80 Å². The van der Waals surface area contributed by atoms with Gasteiger partial charge in [0.1, 0.15) is 0 Å². The van der Waals surface area contributed by atoms with Gasteiger partial charge in [-0.2, -0.15) is 0 Å². The molecule has 16 heavy (non-hydrogen) atoms. The van der Waals surface area contributed by atoms with Crippen LogP contribution in [0.5, 0.6) is 0 Å². The summed E-state index contributed by atoms with van der Waals surface area (Å²) in [6, 6.07) is 0.289. The molecule has 1 N–H and O–H groups in total. The molecule has 0 aromatic heterocycles. The second-order valence-corrected chi connectivity index (χ2v) is 5.08. The highest BCUT2D eigenvalue weighted by Gasteiger charge is 2.26. The molecule has 2 aliphatic heterocycles. The van der Waals surface area contributed by atoms with Crippen molar-refractivity contribution in [2.24, 2.45) is 0 Å². The predicted molar refractivity (Wildman–Crippen MR) is 63.5 cm³/mol. The number of likely N-dealkylation sites (N-methyl/N-ethyl adjacent to an activating group) is 1. The van der Waals surface area contributed by atoms with Crippen LogP contribution in [0.2, 0.25) is 0 Å². The molecule has 0 aliphatic carbocycles. The predicted octanol–water partition coefficient (Wildman–Crippen LogP) is 0.164. The van der Waals surface area contributed by atoms with Gasteiger partial charge in [0.15, 0.2) is 0 Å². The van der Waals surface area contributed by atoms with E-state index >= 15 is 0 Å². The van der Waals surface area contributed by atoms with Crippen LogP contribution in [-0.2, 0) is 4.74 Å². The number of hydrogen-bond donors (Lipinski definition) is 1. The van der Waals surface area contributed by atoms with Crippen LogP contribution in [0.25, 0.3) is 0 Å². The van der Waals surface area contributed by atoms with Crippen molar-refractivity contribution < 1.29 is 9.84 Å². The summed E-state index contributed by atoms with van der Waals surface area (Å²) in [7, 11) is 2.14. The van der Waals surface area contributed by atoms with Crippen LogP contribution in [0.4, 0.5) is 0 Å². The van der Waals surface area contributed by atoms with Crippen LogP contribution in [0.1, 0.15) is 19.3 Å². The van der Waals surface area contributed by atoms with Gasteiger partial charge in [0, 0.05) is 25.7 Å². The lowest BCUT2D eigenvalue weighted by molar-refractivity contribution is 0.0423. The minimum absolute atomic E-state index is 0.261. The molecule has 2 saturated heterocycles. The molecule has 2 heterocycles. The first kappa shape index (κ1) is 12.3. The maximum Gasteiger partial charge on any atom is 0.0702 e. The SMILES string of the molecule is CN1CCCN(CC2CCCO2)C(CO)C1. The van der Waals surface area contributed by atoms with Crippen molar-refractivity contribution >= 4 is 0 Å². The lowest BCUT2D eigenvalue weighted by Gasteiger charge is -2.31. The Morgan fingerprint density at radius 3 is 2.88 bits per heavy atom. The van der Waals surface area contributed by atoms with E-state index in [1.54, 1.807) is 0 Å². The molecule has 0 saturated carbocycles. The van der Waals surface area contributed by atoms with Crippen LogP contribution >= 0.6 is 0 Å². The summed E-state index contributed by atoms with van der Waals surface area (Å²) in [6.07, 6.45) is 3.98. The molecule has 0 spiro atoms. The molecule has 0 aromatic carbocycles. The zero-order valence-electron chi connectivity index (χ0n) is 10.3. The molecule has 4 nitrogen and oxygen atoms in total. The van der Waals surface area contributed by atoms with Crippen LogP contribution in [0.15, 0.2) is 0 Å². The lowest BCUT2D eigenvalue weighted by Crippen LogP contribution is -2.45. The number of aliphatic hydroxyl groups excluding tert-OH is 1. The van der Waals surface area contributed by atoms with E-state index < -0.39 is 0 Å². The third kappa shape index (κ3) is 3.17. The minimum Gasteiger partial charge on any atom is -0.395 e. The molecule has 2 atom stereocenters. The van der Waals surface area contributed by atoms with E-state index in [-0.39, 0.29) is 12.6 Å². The normalized spacial score (nSPS) is 34.1. The highest BCUT2D eigenvalue weighted by molar-refractivity contribution is 4.81. The van der Waals surface area contributed by atoms with E-state index in [1.807, 2.05) is 0 Å². The molecule has 94 valence electrons. The molecular weight excluding hydrogens is 204 g/mol. The van der Waals surface area contributed by atoms with Crippen molar-refractivity contribution in [3.8, 4) is 0 Å². The molecule has 2 rings (SSSR count). The van der Waals surface area contributed by atoms with Gasteiger partial charge in [-0.05, 0) is 39.4 Å². The molecule has 2 fully saturated rings. The summed E-state index contributed by atoms with van der Waals surface area (Å²) in [4.78, 5) is 4.73. The van der Waals surface area contributed by atoms with E-state index in [4.69, 9.17) is 4.74 Å². The summed E-state index contributed by atoms with van der Waals surface area (Å²) in [6.45, 7) is 5.38. The molecule has 0 amide bonds. The highest BCUT2D eigenvalue weighted by atomic mass is 16.5. The molecule has 2 aliphatic rings. The van der Waals surface area contributed by atoms with E-state index in [0.717, 1.165) is 32.8 Å². The third-order valence-corrected chi connectivity index (χ3v) is 3.70. The van der Waals surface area contributed by atoms with E-state index in [2.05, 4.69) is 16.8 Å². The van der Waals surface area contributed by atoms with Gasteiger partial charge in [0.25, 0.3) is 0 Å². The summed E-state index contributed by atoms with van der Waals surface area (Å²) >= 11 is 0. The molecule has 0 radical (unpaired) electrons. The summed E-state index contributed by atoms with van der Waals surface area (Å²) in [5, 5.41) is 9.47. The summed E-state index contributed by atoms with van der Waals surface area (Å²) in [5.74, 6) is 0. The summed E-state index contributed by atoms with van der Waals surface area (Å²) < 4.78 is 5.68. The van der Waals surface area contributed by atoms with Crippen LogP contribution < -0.4 is 0 Å². The summed E-state index contributed by atoms with van der Waals surface area (Å²) in [5.41, 5.74) is 0. The van der Waals surface area contributed by atoms with E-state index in [1.165, 1.54) is 19.3 Å². The van der Waals surface area contributed by atoms with Crippen LogP contribution in [-0.4, -0.2) is 73.5 Å². The topological polar surface area (TPSA) is 35.9 Å². The molecule has 4 heteroatoms. The first-order valence-electron chi connectivity index (χ1n) is 6.44.